The van der Waals surface area contributed by atoms with E-state index >= 15 is 0 Å². The first-order chi connectivity index (χ1) is 9.92. The quantitative estimate of drug-likeness (QED) is 0.750. The third-order valence-corrected chi connectivity index (χ3v) is 5.27. The zero-order valence-electron chi connectivity index (χ0n) is 12.4. The number of nitrogens with one attached hydrogen (secondary N) is 2. The smallest absolute Gasteiger partial charge is 0.240 e. The van der Waals surface area contributed by atoms with Gasteiger partial charge < -0.3 is 11.1 Å². The largest absolute Gasteiger partial charge is 0.327 e. The lowest BCUT2D eigenvalue weighted by Crippen LogP contribution is -2.28. The fourth-order valence-corrected chi connectivity index (χ4v) is 3.40. The van der Waals surface area contributed by atoms with Gasteiger partial charge in [-0.1, -0.05) is 12.5 Å². The van der Waals surface area contributed by atoms with E-state index in [1.807, 2.05) is 0 Å². The molecule has 4 N–H and O–H groups in total. The highest BCUT2D eigenvalue weighted by Gasteiger charge is 2.26. The summed E-state index contributed by atoms with van der Waals surface area (Å²) in [6.07, 6.45) is 3.38. The molecule has 0 saturated heterocycles. The minimum atomic E-state index is -3.51. The first-order valence-electron chi connectivity index (χ1n) is 7.01. The number of nitrogens with two attached hydrogens (primary N) is 1. The molecule has 1 aliphatic carbocycles. The molecule has 1 fully saturated rings. The van der Waals surface area contributed by atoms with Gasteiger partial charge in [0.1, 0.15) is 0 Å². The van der Waals surface area contributed by atoms with E-state index in [1.165, 1.54) is 19.2 Å². The number of rotatable bonds is 5. The number of amides is 1. The molecule has 0 aromatic heterocycles. The Hall–Kier alpha value is -1.15. The van der Waals surface area contributed by atoms with Crippen LogP contribution in [0.25, 0.3) is 0 Å². The molecular formula is C14H22ClN3O3S. The maximum absolute atomic E-state index is 12.0. The summed E-state index contributed by atoms with van der Waals surface area (Å²) in [7, 11) is -2.16. The number of carbonyl (C=O) groups excluding carboxylic acids is 1. The van der Waals surface area contributed by atoms with E-state index in [9.17, 15) is 13.2 Å². The van der Waals surface area contributed by atoms with Gasteiger partial charge in [-0.25, -0.2) is 13.1 Å². The first kappa shape index (κ1) is 18.9. The van der Waals surface area contributed by atoms with Crippen LogP contribution in [0.2, 0.25) is 0 Å². The molecule has 6 nitrogen and oxygen atoms in total. The number of hydrogen-bond acceptors (Lipinski definition) is 4. The van der Waals surface area contributed by atoms with Crippen molar-refractivity contribution in [2.75, 3.05) is 12.4 Å². The Kier molecular flexibility index (Phi) is 6.80. The second-order valence-corrected chi connectivity index (χ2v) is 7.23. The number of carbonyl (C=O) groups is 1. The van der Waals surface area contributed by atoms with E-state index in [0.717, 1.165) is 19.3 Å². The highest BCUT2D eigenvalue weighted by Crippen LogP contribution is 2.27. The molecule has 1 aromatic rings. The van der Waals surface area contributed by atoms with Crippen LogP contribution in [0.4, 0.5) is 5.69 Å². The van der Waals surface area contributed by atoms with Crippen molar-refractivity contribution in [3.05, 3.63) is 24.3 Å². The minimum absolute atomic E-state index is 0. The summed E-state index contributed by atoms with van der Waals surface area (Å²) in [5.74, 6) is 0.0885. The maximum atomic E-state index is 12.0. The fourth-order valence-electron chi connectivity index (χ4n) is 2.63. The van der Waals surface area contributed by atoms with E-state index in [2.05, 4.69) is 10.0 Å². The van der Waals surface area contributed by atoms with Crippen LogP contribution in [-0.4, -0.2) is 27.4 Å². The third-order valence-electron chi connectivity index (χ3n) is 3.86. The highest BCUT2D eigenvalue weighted by molar-refractivity contribution is 7.89. The van der Waals surface area contributed by atoms with Gasteiger partial charge in [0.05, 0.1) is 4.90 Å². The second-order valence-electron chi connectivity index (χ2n) is 5.34. The standard InChI is InChI=1S/C14H21N3O3S.ClH/c1-16-21(19,20)12-6-3-5-11(9-12)17-14(18)8-10-4-2-7-13(10)15;/h3,5-6,9-10,13,16H,2,4,7-8,15H2,1H3,(H,17,18);1H/t10-,13+;/m0./s1. The normalized spacial score (nSPS) is 21.2. The molecule has 0 unspecified atom stereocenters. The average molecular weight is 348 g/mol. The van der Waals surface area contributed by atoms with E-state index in [0.29, 0.717) is 12.1 Å². The highest BCUT2D eigenvalue weighted by atomic mass is 35.5. The van der Waals surface area contributed by atoms with Gasteiger partial charge in [0, 0.05) is 18.2 Å². The zero-order chi connectivity index (χ0) is 15.5. The molecule has 0 heterocycles. The lowest BCUT2D eigenvalue weighted by atomic mass is 10.00. The number of anilines is 1. The summed E-state index contributed by atoms with van der Waals surface area (Å²) in [5, 5.41) is 2.74. The Labute approximate surface area is 137 Å². The molecule has 1 amide bonds. The molecule has 0 aliphatic heterocycles. The number of halogens is 1. The van der Waals surface area contributed by atoms with E-state index < -0.39 is 10.0 Å². The topological polar surface area (TPSA) is 101 Å². The average Bonchev–Trinajstić information content (AvgIpc) is 2.84. The molecule has 8 heteroatoms. The molecule has 1 saturated carbocycles. The zero-order valence-corrected chi connectivity index (χ0v) is 14.0. The van der Waals surface area contributed by atoms with Crippen molar-refractivity contribution in [1.82, 2.24) is 4.72 Å². The van der Waals surface area contributed by atoms with Crippen LogP contribution in [0.15, 0.2) is 29.2 Å². The number of hydrogen-bond donors (Lipinski definition) is 3. The first-order valence-corrected chi connectivity index (χ1v) is 8.50. The van der Waals surface area contributed by atoms with Crippen molar-refractivity contribution in [3.8, 4) is 0 Å². The van der Waals surface area contributed by atoms with Crippen molar-refractivity contribution in [2.24, 2.45) is 11.7 Å². The van der Waals surface area contributed by atoms with Gasteiger partial charge >= 0.3 is 0 Å². The summed E-state index contributed by atoms with van der Waals surface area (Å²) in [4.78, 5) is 12.1. The molecule has 0 radical (unpaired) electrons. The Morgan fingerprint density at radius 3 is 2.68 bits per heavy atom. The Morgan fingerprint density at radius 2 is 2.09 bits per heavy atom. The third kappa shape index (κ3) is 4.67. The predicted octanol–water partition coefficient (Wildman–Crippen LogP) is 1.47. The molecule has 0 bridgehead atoms. The molecule has 2 atom stereocenters. The van der Waals surface area contributed by atoms with Crippen LogP contribution in [0.5, 0.6) is 0 Å². The van der Waals surface area contributed by atoms with Crippen LogP contribution in [0, 0.1) is 5.92 Å². The number of sulfonamides is 1. The molecule has 124 valence electrons. The summed E-state index contributed by atoms with van der Waals surface area (Å²) in [6.45, 7) is 0. The van der Waals surface area contributed by atoms with Gasteiger partial charge in [0.15, 0.2) is 0 Å². The lowest BCUT2D eigenvalue weighted by Gasteiger charge is -2.15. The summed E-state index contributed by atoms with van der Waals surface area (Å²) in [6, 6.07) is 6.28. The predicted molar refractivity (Wildman–Crippen MR) is 88.5 cm³/mol. The van der Waals surface area contributed by atoms with Crippen LogP contribution >= 0.6 is 12.4 Å². The summed E-state index contributed by atoms with van der Waals surface area (Å²) < 4.78 is 25.7. The van der Waals surface area contributed by atoms with Crippen LogP contribution in [0.1, 0.15) is 25.7 Å². The van der Waals surface area contributed by atoms with Crippen LogP contribution in [0.3, 0.4) is 0 Å². The Morgan fingerprint density at radius 1 is 1.36 bits per heavy atom. The maximum Gasteiger partial charge on any atom is 0.240 e. The second kappa shape index (κ2) is 7.92. The molecule has 1 aromatic carbocycles. The van der Waals surface area contributed by atoms with Crippen molar-refractivity contribution < 1.29 is 13.2 Å². The Balaban J connectivity index is 0.00000242. The van der Waals surface area contributed by atoms with Crippen molar-refractivity contribution >= 4 is 34.0 Å². The van der Waals surface area contributed by atoms with Gasteiger partial charge in [0.2, 0.25) is 15.9 Å². The SMILES string of the molecule is CNS(=O)(=O)c1cccc(NC(=O)C[C@@H]2CCC[C@H]2N)c1.Cl. The van der Waals surface area contributed by atoms with E-state index in [-0.39, 0.29) is 35.2 Å². The molecule has 1 aliphatic rings. The van der Waals surface area contributed by atoms with Gasteiger partial charge in [-0.15, -0.1) is 12.4 Å². The molecule has 22 heavy (non-hydrogen) atoms. The van der Waals surface area contributed by atoms with Gasteiger partial charge in [0.25, 0.3) is 0 Å². The van der Waals surface area contributed by atoms with Crippen molar-refractivity contribution in [1.29, 1.82) is 0 Å². The Bertz CT molecular complexity index is 622. The van der Waals surface area contributed by atoms with Gasteiger partial charge in [-0.2, -0.15) is 0 Å². The summed E-state index contributed by atoms with van der Waals surface area (Å²) >= 11 is 0. The molecule has 2 rings (SSSR count). The molecular weight excluding hydrogens is 326 g/mol. The van der Waals surface area contributed by atoms with Gasteiger partial charge in [-0.3, -0.25) is 4.79 Å². The lowest BCUT2D eigenvalue weighted by molar-refractivity contribution is -0.117. The number of benzene rings is 1. The fraction of sp³-hybridized carbons (Fsp3) is 0.500. The monoisotopic (exact) mass is 347 g/mol. The molecule has 0 spiro atoms. The van der Waals surface area contributed by atoms with Gasteiger partial charge in [-0.05, 0) is 44.0 Å². The van der Waals surface area contributed by atoms with E-state index in [4.69, 9.17) is 5.73 Å². The minimum Gasteiger partial charge on any atom is -0.327 e. The summed E-state index contributed by atoms with van der Waals surface area (Å²) in [5.41, 5.74) is 6.43. The van der Waals surface area contributed by atoms with E-state index in [1.54, 1.807) is 12.1 Å². The van der Waals surface area contributed by atoms with Crippen molar-refractivity contribution in [2.45, 2.75) is 36.6 Å². The van der Waals surface area contributed by atoms with Crippen molar-refractivity contribution in [3.63, 3.8) is 0 Å². The van der Waals surface area contributed by atoms with Crippen LogP contribution < -0.4 is 15.8 Å². The van der Waals surface area contributed by atoms with Crippen LogP contribution in [-0.2, 0) is 14.8 Å².